The molecule has 1 aromatic rings. The topological polar surface area (TPSA) is 47.3 Å². The molecular formula is C8H9F5N2O2. The summed E-state index contributed by atoms with van der Waals surface area (Å²) in [6, 6.07) is 0. The van der Waals surface area contributed by atoms with Crippen LogP contribution in [0.4, 0.5) is 22.0 Å². The van der Waals surface area contributed by atoms with Crippen LogP contribution < -0.4 is 4.74 Å². The molecule has 1 heterocycles. The fourth-order valence-electron chi connectivity index (χ4n) is 1.23. The Morgan fingerprint density at radius 2 is 2.00 bits per heavy atom. The Morgan fingerprint density at radius 3 is 2.41 bits per heavy atom. The molecule has 4 nitrogen and oxygen atoms in total. The average molecular weight is 260 g/mol. The Morgan fingerprint density at radius 1 is 1.41 bits per heavy atom. The maximum atomic E-state index is 12.4. The van der Waals surface area contributed by atoms with Gasteiger partial charge in [0.1, 0.15) is 5.69 Å². The molecule has 0 amide bonds. The molecular weight excluding hydrogens is 251 g/mol. The van der Waals surface area contributed by atoms with E-state index < -0.39 is 43.0 Å². The van der Waals surface area contributed by atoms with Crippen molar-refractivity contribution in [3.63, 3.8) is 0 Å². The predicted octanol–water partition coefficient (Wildman–Crippen LogP) is 1.79. The second-order valence-electron chi connectivity index (χ2n) is 3.16. The first-order valence-electron chi connectivity index (χ1n) is 4.40. The second kappa shape index (κ2) is 4.86. The molecule has 0 atom stereocenters. The normalized spacial score (nSPS) is 12.2. The van der Waals surface area contributed by atoms with Gasteiger partial charge in [-0.3, -0.25) is 0 Å². The van der Waals surface area contributed by atoms with E-state index in [9.17, 15) is 22.0 Å². The van der Waals surface area contributed by atoms with E-state index in [1.807, 2.05) is 0 Å². The van der Waals surface area contributed by atoms with E-state index in [1.54, 1.807) is 0 Å². The fraction of sp³-hybridized carbons (Fsp3) is 0.625. The molecule has 98 valence electrons. The number of alkyl halides is 5. The summed E-state index contributed by atoms with van der Waals surface area (Å²) >= 11 is 0. The Kier molecular flexibility index (Phi) is 3.91. The number of halogens is 5. The van der Waals surface area contributed by atoms with Crippen molar-refractivity contribution in [3.8, 4) is 5.88 Å². The van der Waals surface area contributed by atoms with Gasteiger partial charge in [0, 0.05) is 7.05 Å². The first-order chi connectivity index (χ1) is 7.76. The molecule has 0 aromatic carbocycles. The number of aliphatic hydroxyl groups is 1. The van der Waals surface area contributed by atoms with Gasteiger partial charge in [0.25, 0.3) is 6.43 Å². The van der Waals surface area contributed by atoms with Crippen molar-refractivity contribution in [2.45, 2.75) is 19.2 Å². The van der Waals surface area contributed by atoms with Crippen LogP contribution >= 0.6 is 0 Å². The van der Waals surface area contributed by atoms with Gasteiger partial charge < -0.3 is 9.84 Å². The summed E-state index contributed by atoms with van der Waals surface area (Å²) in [6.07, 6.45) is -7.59. The van der Waals surface area contributed by atoms with Crippen LogP contribution in [0.1, 0.15) is 17.7 Å². The molecule has 0 unspecified atom stereocenters. The van der Waals surface area contributed by atoms with Crippen molar-refractivity contribution >= 4 is 0 Å². The van der Waals surface area contributed by atoms with Crippen LogP contribution in [0.5, 0.6) is 5.88 Å². The minimum absolute atomic E-state index is 0.438. The molecule has 0 saturated carbocycles. The van der Waals surface area contributed by atoms with Gasteiger partial charge in [0.05, 0.1) is 12.2 Å². The highest BCUT2D eigenvalue weighted by molar-refractivity contribution is 5.31. The number of rotatable bonds is 4. The third-order valence-electron chi connectivity index (χ3n) is 1.86. The number of hydrogen-bond acceptors (Lipinski definition) is 3. The monoisotopic (exact) mass is 260 g/mol. The van der Waals surface area contributed by atoms with Gasteiger partial charge >= 0.3 is 6.18 Å². The Labute approximate surface area is 92.6 Å². The molecule has 1 N–H and O–H groups in total. The zero-order chi connectivity index (χ0) is 13.2. The maximum Gasteiger partial charge on any atom is 0.422 e. The highest BCUT2D eigenvalue weighted by atomic mass is 19.4. The molecule has 17 heavy (non-hydrogen) atoms. The third-order valence-corrected chi connectivity index (χ3v) is 1.86. The van der Waals surface area contributed by atoms with Crippen LogP contribution in [0, 0.1) is 0 Å². The van der Waals surface area contributed by atoms with Crippen LogP contribution in [0.2, 0.25) is 0 Å². The van der Waals surface area contributed by atoms with E-state index >= 15 is 0 Å². The molecule has 0 saturated heterocycles. The molecule has 0 aliphatic heterocycles. The zero-order valence-corrected chi connectivity index (χ0v) is 8.63. The summed E-state index contributed by atoms with van der Waals surface area (Å²) in [4.78, 5) is 0. The van der Waals surface area contributed by atoms with Crippen molar-refractivity contribution < 1.29 is 31.8 Å². The van der Waals surface area contributed by atoms with E-state index in [0.29, 0.717) is 0 Å². The number of ether oxygens (including phenoxy) is 1. The lowest BCUT2D eigenvalue weighted by Gasteiger charge is -2.10. The van der Waals surface area contributed by atoms with Gasteiger partial charge in [-0.05, 0) is 0 Å². The first-order valence-corrected chi connectivity index (χ1v) is 4.40. The molecule has 0 bridgehead atoms. The number of hydrogen-bond donors (Lipinski definition) is 1. The Bertz CT molecular complexity index is 388. The number of aliphatic hydroxyl groups excluding tert-OH is 1. The van der Waals surface area contributed by atoms with Gasteiger partial charge in [-0.1, -0.05) is 0 Å². The van der Waals surface area contributed by atoms with E-state index in [0.717, 1.165) is 11.7 Å². The number of aryl methyl sites for hydroxylation is 1. The third kappa shape index (κ3) is 3.29. The minimum Gasteiger partial charge on any atom is -0.468 e. The van der Waals surface area contributed by atoms with Crippen molar-refractivity contribution in [2.75, 3.05) is 6.61 Å². The van der Waals surface area contributed by atoms with Gasteiger partial charge in [-0.15, -0.1) is 0 Å². The SMILES string of the molecule is Cn1nc(C(F)F)c(CO)c1OCC(F)(F)F. The van der Waals surface area contributed by atoms with Gasteiger partial charge in [0.15, 0.2) is 6.61 Å². The molecule has 9 heteroatoms. The Balaban J connectivity index is 2.98. The largest absolute Gasteiger partial charge is 0.468 e. The standard InChI is InChI=1S/C8H9F5N2O2/c1-15-7(17-3-8(11,12)13)4(2-16)5(14-15)6(9)10/h6,16H,2-3H2,1H3. The molecule has 0 fully saturated rings. The minimum atomic E-state index is -4.60. The van der Waals surface area contributed by atoms with Gasteiger partial charge in [0.2, 0.25) is 5.88 Å². The van der Waals surface area contributed by atoms with Crippen LogP contribution in [0.15, 0.2) is 0 Å². The molecule has 1 aromatic heterocycles. The summed E-state index contributed by atoms with van der Waals surface area (Å²) in [5.41, 5.74) is -1.22. The highest BCUT2D eigenvalue weighted by Gasteiger charge is 2.31. The average Bonchev–Trinajstić information content (AvgIpc) is 2.50. The van der Waals surface area contributed by atoms with Crippen molar-refractivity contribution in [2.24, 2.45) is 7.05 Å². The molecule has 1 rings (SSSR count). The van der Waals surface area contributed by atoms with Crippen LogP contribution in [-0.2, 0) is 13.7 Å². The van der Waals surface area contributed by atoms with Crippen LogP contribution in [0.25, 0.3) is 0 Å². The summed E-state index contributed by atoms with van der Waals surface area (Å²) in [5.74, 6) is -0.514. The second-order valence-corrected chi connectivity index (χ2v) is 3.16. The van der Waals surface area contributed by atoms with Crippen molar-refractivity contribution in [1.82, 2.24) is 9.78 Å². The summed E-state index contributed by atoms with van der Waals surface area (Å²) in [6.45, 7) is -2.51. The predicted molar refractivity (Wildman–Crippen MR) is 45.6 cm³/mol. The Hall–Kier alpha value is -1.38. The quantitative estimate of drug-likeness (QED) is 0.839. The lowest BCUT2D eigenvalue weighted by molar-refractivity contribution is -0.154. The number of nitrogens with zero attached hydrogens (tertiary/aromatic N) is 2. The van der Waals surface area contributed by atoms with E-state index in [4.69, 9.17) is 5.11 Å². The zero-order valence-electron chi connectivity index (χ0n) is 8.63. The molecule has 0 radical (unpaired) electrons. The fourth-order valence-corrected chi connectivity index (χ4v) is 1.23. The summed E-state index contributed by atoms with van der Waals surface area (Å²) < 4.78 is 65.6. The molecule has 0 aliphatic carbocycles. The van der Waals surface area contributed by atoms with Crippen LogP contribution in [-0.4, -0.2) is 27.7 Å². The lowest BCUT2D eigenvalue weighted by Crippen LogP contribution is -2.20. The van der Waals surface area contributed by atoms with Gasteiger partial charge in [-0.2, -0.15) is 18.3 Å². The van der Waals surface area contributed by atoms with Gasteiger partial charge in [-0.25, -0.2) is 13.5 Å². The first kappa shape index (κ1) is 13.7. The van der Waals surface area contributed by atoms with Crippen molar-refractivity contribution in [3.05, 3.63) is 11.3 Å². The van der Waals surface area contributed by atoms with E-state index in [2.05, 4.69) is 9.84 Å². The summed E-state index contributed by atoms with van der Waals surface area (Å²) in [7, 11) is 1.15. The number of aromatic nitrogens is 2. The lowest BCUT2D eigenvalue weighted by atomic mass is 10.2. The molecule has 0 aliphatic rings. The smallest absolute Gasteiger partial charge is 0.422 e. The maximum absolute atomic E-state index is 12.4. The summed E-state index contributed by atoms with van der Waals surface area (Å²) in [5, 5.41) is 12.1. The van der Waals surface area contributed by atoms with E-state index in [-0.39, 0.29) is 0 Å². The highest BCUT2D eigenvalue weighted by Crippen LogP contribution is 2.30. The van der Waals surface area contributed by atoms with Crippen LogP contribution in [0.3, 0.4) is 0 Å². The van der Waals surface area contributed by atoms with E-state index in [1.165, 1.54) is 0 Å². The van der Waals surface area contributed by atoms with Crippen molar-refractivity contribution in [1.29, 1.82) is 0 Å². The molecule has 0 spiro atoms.